The van der Waals surface area contributed by atoms with Crippen LogP contribution in [0.15, 0.2) is 6.20 Å². The van der Waals surface area contributed by atoms with Gasteiger partial charge in [0.15, 0.2) is 5.69 Å². The lowest BCUT2D eigenvalue weighted by Gasteiger charge is -2.38. The Kier molecular flexibility index (Phi) is 4.77. The van der Waals surface area contributed by atoms with Crippen LogP contribution in [-0.2, 0) is 0 Å². The molecule has 1 aromatic heterocycles. The lowest BCUT2D eigenvalue weighted by molar-refractivity contribution is 0.0528. The van der Waals surface area contributed by atoms with E-state index in [2.05, 4.69) is 34.2 Å². The highest BCUT2D eigenvalue weighted by Crippen LogP contribution is 2.20. The van der Waals surface area contributed by atoms with E-state index in [0.29, 0.717) is 17.2 Å². The highest BCUT2D eigenvalue weighted by Gasteiger charge is 2.29. The van der Waals surface area contributed by atoms with E-state index in [4.69, 9.17) is 0 Å². The number of nitrogens with zero attached hydrogens (tertiary/aromatic N) is 4. The van der Waals surface area contributed by atoms with Crippen molar-refractivity contribution in [3.8, 4) is 0 Å². The van der Waals surface area contributed by atoms with Crippen molar-refractivity contribution in [2.45, 2.75) is 32.7 Å². The van der Waals surface area contributed by atoms with Crippen molar-refractivity contribution in [3.05, 3.63) is 17.7 Å². The minimum absolute atomic E-state index is 0.00995. The van der Waals surface area contributed by atoms with Gasteiger partial charge in [-0.15, -0.1) is 0 Å². The van der Waals surface area contributed by atoms with Crippen LogP contribution in [0.3, 0.4) is 0 Å². The van der Waals surface area contributed by atoms with Gasteiger partial charge in [-0.2, -0.15) is 0 Å². The van der Waals surface area contributed by atoms with Crippen LogP contribution in [0.1, 0.15) is 43.0 Å². The van der Waals surface area contributed by atoms with Crippen LogP contribution < -0.4 is 5.32 Å². The summed E-state index contributed by atoms with van der Waals surface area (Å²) in [6.45, 7) is 8.66. The molecule has 6 nitrogen and oxygen atoms in total. The predicted octanol–water partition coefficient (Wildman–Crippen LogP) is 1.42. The van der Waals surface area contributed by atoms with Crippen molar-refractivity contribution in [1.82, 2.24) is 19.8 Å². The zero-order valence-corrected chi connectivity index (χ0v) is 13.6. The molecule has 1 unspecified atom stereocenters. The number of piperazine rings is 1. The van der Waals surface area contributed by atoms with Gasteiger partial charge in [0.1, 0.15) is 5.82 Å². The van der Waals surface area contributed by atoms with Gasteiger partial charge in [0.25, 0.3) is 5.91 Å². The third kappa shape index (κ3) is 3.32. The standard InChI is InChI=1S/C15H25N5O/c1-10(2)14-17-8-12(16-4)13(18-14)15(21)20-7-6-19(5)9-11(20)3/h8,10-11,16H,6-7,9H2,1-5H3. The number of anilines is 1. The lowest BCUT2D eigenvalue weighted by atomic mass is 10.1. The normalized spacial score (nSPS) is 19.9. The molecule has 21 heavy (non-hydrogen) atoms. The minimum Gasteiger partial charge on any atom is -0.385 e. The van der Waals surface area contributed by atoms with Gasteiger partial charge in [-0.25, -0.2) is 9.97 Å². The number of nitrogens with one attached hydrogen (secondary N) is 1. The van der Waals surface area contributed by atoms with Crippen molar-refractivity contribution < 1.29 is 4.79 Å². The molecule has 1 aromatic rings. The van der Waals surface area contributed by atoms with E-state index in [1.165, 1.54) is 0 Å². The third-order valence-corrected chi connectivity index (χ3v) is 3.89. The summed E-state index contributed by atoms with van der Waals surface area (Å²) >= 11 is 0. The summed E-state index contributed by atoms with van der Waals surface area (Å²) in [5.41, 5.74) is 1.17. The van der Waals surface area contributed by atoms with E-state index in [0.717, 1.165) is 19.6 Å². The maximum absolute atomic E-state index is 12.8. The molecule has 1 atom stereocenters. The van der Waals surface area contributed by atoms with E-state index < -0.39 is 0 Å². The molecule has 0 aliphatic carbocycles. The van der Waals surface area contributed by atoms with Crippen LogP contribution in [0.4, 0.5) is 5.69 Å². The zero-order valence-electron chi connectivity index (χ0n) is 13.6. The smallest absolute Gasteiger partial charge is 0.275 e. The first kappa shape index (κ1) is 15.7. The number of rotatable bonds is 3. The van der Waals surface area contributed by atoms with E-state index in [1.54, 1.807) is 13.2 Å². The first-order valence-electron chi connectivity index (χ1n) is 7.48. The average molecular weight is 291 g/mol. The third-order valence-electron chi connectivity index (χ3n) is 3.89. The van der Waals surface area contributed by atoms with Gasteiger partial charge >= 0.3 is 0 Å². The van der Waals surface area contributed by atoms with Crippen LogP contribution in [0, 0.1) is 0 Å². The Labute approximate surface area is 126 Å². The predicted molar refractivity (Wildman–Crippen MR) is 83.7 cm³/mol. The number of carbonyl (C=O) groups is 1. The quantitative estimate of drug-likeness (QED) is 0.912. The molecule has 1 N–H and O–H groups in total. The maximum Gasteiger partial charge on any atom is 0.275 e. The number of hydrogen-bond donors (Lipinski definition) is 1. The van der Waals surface area contributed by atoms with Gasteiger partial charge in [-0.05, 0) is 14.0 Å². The van der Waals surface area contributed by atoms with Gasteiger partial charge in [-0.1, -0.05) is 13.8 Å². The summed E-state index contributed by atoms with van der Waals surface area (Å²) in [4.78, 5) is 25.8. The van der Waals surface area contributed by atoms with Crippen molar-refractivity contribution in [1.29, 1.82) is 0 Å². The molecule has 6 heteroatoms. The summed E-state index contributed by atoms with van der Waals surface area (Å²) in [5, 5.41) is 3.02. The van der Waals surface area contributed by atoms with Gasteiger partial charge in [0.05, 0.1) is 11.9 Å². The minimum atomic E-state index is -0.00995. The van der Waals surface area contributed by atoms with Gasteiger partial charge in [0, 0.05) is 38.6 Å². The Hall–Kier alpha value is -1.69. The monoisotopic (exact) mass is 291 g/mol. The van der Waals surface area contributed by atoms with E-state index >= 15 is 0 Å². The maximum atomic E-state index is 12.8. The van der Waals surface area contributed by atoms with E-state index in [9.17, 15) is 4.79 Å². The molecule has 0 bridgehead atoms. The zero-order chi connectivity index (χ0) is 15.6. The molecule has 1 saturated heterocycles. The second kappa shape index (κ2) is 6.39. The summed E-state index contributed by atoms with van der Waals surface area (Å²) in [6, 6.07) is 0.193. The van der Waals surface area contributed by atoms with Crippen LogP contribution in [-0.4, -0.2) is 65.4 Å². The van der Waals surface area contributed by atoms with E-state index in [1.807, 2.05) is 18.7 Å². The number of likely N-dealkylation sites (N-methyl/N-ethyl adjacent to an activating group) is 1. The first-order valence-corrected chi connectivity index (χ1v) is 7.48. The fraction of sp³-hybridized carbons (Fsp3) is 0.667. The fourth-order valence-electron chi connectivity index (χ4n) is 2.60. The Balaban J connectivity index is 2.31. The molecular formula is C15H25N5O. The fourth-order valence-corrected chi connectivity index (χ4v) is 2.60. The van der Waals surface area contributed by atoms with Crippen LogP contribution in [0.25, 0.3) is 0 Å². The topological polar surface area (TPSA) is 61.4 Å². The van der Waals surface area contributed by atoms with Crippen molar-refractivity contribution in [2.75, 3.05) is 39.0 Å². The van der Waals surface area contributed by atoms with Crippen LogP contribution >= 0.6 is 0 Å². The Bertz CT molecular complexity index is 517. The molecule has 2 heterocycles. The molecule has 1 amide bonds. The number of carbonyl (C=O) groups excluding carboxylic acids is 1. The number of amides is 1. The largest absolute Gasteiger partial charge is 0.385 e. The summed E-state index contributed by atoms with van der Waals surface area (Å²) in [5.74, 6) is 0.899. The summed E-state index contributed by atoms with van der Waals surface area (Å²) in [7, 11) is 3.87. The molecule has 116 valence electrons. The molecule has 2 rings (SSSR count). The summed E-state index contributed by atoms with van der Waals surface area (Å²) < 4.78 is 0. The molecule has 0 spiro atoms. The van der Waals surface area contributed by atoms with Crippen LogP contribution in [0.2, 0.25) is 0 Å². The van der Waals surface area contributed by atoms with Crippen molar-refractivity contribution in [2.24, 2.45) is 0 Å². The highest BCUT2D eigenvalue weighted by molar-refractivity contribution is 5.97. The van der Waals surface area contributed by atoms with Crippen LogP contribution in [0.5, 0.6) is 0 Å². The second-order valence-electron chi connectivity index (χ2n) is 6.00. The molecule has 1 fully saturated rings. The SMILES string of the molecule is CNc1cnc(C(C)C)nc1C(=O)N1CCN(C)CC1C. The van der Waals surface area contributed by atoms with Gasteiger partial charge in [-0.3, -0.25) is 4.79 Å². The van der Waals surface area contributed by atoms with Crippen molar-refractivity contribution >= 4 is 11.6 Å². The molecule has 0 saturated carbocycles. The first-order chi connectivity index (χ1) is 9.93. The molecule has 1 aliphatic rings. The number of aromatic nitrogens is 2. The Morgan fingerprint density at radius 1 is 1.43 bits per heavy atom. The summed E-state index contributed by atoms with van der Waals surface area (Å²) in [6.07, 6.45) is 1.70. The van der Waals surface area contributed by atoms with E-state index in [-0.39, 0.29) is 17.9 Å². The van der Waals surface area contributed by atoms with Crippen molar-refractivity contribution in [3.63, 3.8) is 0 Å². The van der Waals surface area contributed by atoms with Gasteiger partial charge < -0.3 is 15.1 Å². The Morgan fingerprint density at radius 3 is 2.71 bits per heavy atom. The second-order valence-corrected chi connectivity index (χ2v) is 6.00. The molecular weight excluding hydrogens is 266 g/mol. The van der Waals surface area contributed by atoms with Gasteiger partial charge in [0.2, 0.25) is 0 Å². The Morgan fingerprint density at radius 2 is 2.14 bits per heavy atom. The number of hydrogen-bond acceptors (Lipinski definition) is 5. The lowest BCUT2D eigenvalue weighted by Crippen LogP contribution is -2.53. The molecule has 0 radical (unpaired) electrons. The molecule has 1 aliphatic heterocycles. The highest BCUT2D eigenvalue weighted by atomic mass is 16.2. The average Bonchev–Trinajstić information content (AvgIpc) is 2.45. The molecule has 0 aromatic carbocycles.